The largest absolute Gasteiger partial charge is 0.409 e. The third-order valence-electron chi connectivity index (χ3n) is 2.92. The number of nitrogens with two attached hydrogens (primary N) is 1. The first kappa shape index (κ1) is 14.9. The van der Waals surface area contributed by atoms with Gasteiger partial charge in [0.1, 0.15) is 0 Å². The van der Waals surface area contributed by atoms with Gasteiger partial charge in [-0.05, 0) is 36.8 Å². The van der Waals surface area contributed by atoms with Crippen LogP contribution in [0.4, 0.5) is 5.69 Å². The minimum Gasteiger partial charge on any atom is -0.409 e. The second-order valence-electron chi connectivity index (χ2n) is 4.50. The highest BCUT2D eigenvalue weighted by atomic mass is 35.5. The SMILES string of the molecule is Cc1ccc(Cl)c(NC(=O)c2ccc(/C(N)=N/O)cc2)c1. The Bertz CT molecular complexity index is 697. The molecule has 0 aliphatic heterocycles. The third kappa shape index (κ3) is 3.52. The molecule has 0 saturated carbocycles. The van der Waals surface area contributed by atoms with Gasteiger partial charge in [-0.25, -0.2) is 0 Å². The third-order valence-corrected chi connectivity index (χ3v) is 3.25. The normalized spacial score (nSPS) is 11.2. The average molecular weight is 304 g/mol. The van der Waals surface area contributed by atoms with Crippen LogP contribution < -0.4 is 11.1 Å². The first-order chi connectivity index (χ1) is 10.0. The molecule has 2 aromatic rings. The number of halogens is 1. The van der Waals surface area contributed by atoms with Gasteiger partial charge in [0.15, 0.2) is 5.84 Å². The van der Waals surface area contributed by atoms with Crippen LogP contribution in [0.2, 0.25) is 5.02 Å². The van der Waals surface area contributed by atoms with E-state index in [1.165, 1.54) is 0 Å². The number of amidine groups is 1. The zero-order valence-corrected chi connectivity index (χ0v) is 12.1. The van der Waals surface area contributed by atoms with Crippen LogP contribution in [0.1, 0.15) is 21.5 Å². The van der Waals surface area contributed by atoms with E-state index in [-0.39, 0.29) is 11.7 Å². The Morgan fingerprint density at radius 3 is 2.43 bits per heavy atom. The van der Waals surface area contributed by atoms with E-state index < -0.39 is 0 Å². The first-order valence-corrected chi connectivity index (χ1v) is 6.54. The zero-order chi connectivity index (χ0) is 15.4. The lowest BCUT2D eigenvalue weighted by atomic mass is 10.1. The maximum absolute atomic E-state index is 12.1. The van der Waals surface area contributed by atoms with Crippen molar-refractivity contribution in [1.82, 2.24) is 0 Å². The van der Waals surface area contributed by atoms with Crippen molar-refractivity contribution in [3.63, 3.8) is 0 Å². The Morgan fingerprint density at radius 2 is 1.81 bits per heavy atom. The quantitative estimate of drug-likeness (QED) is 0.352. The predicted molar refractivity (Wildman–Crippen MR) is 83.1 cm³/mol. The molecule has 5 nitrogen and oxygen atoms in total. The van der Waals surface area contributed by atoms with Crippen molar-refractivity contribution in [1.29, 1.82) is 0 Å². The molecule has 2 rings (SSSR count). The molecule has 108 valence electrons. The summed E-state index contributed by atoms with van der Waals surface area (Å²) in [6, 6.07) is 11.8. The molecule has 0 aliphatic carbocycles. The molecule has 0 atom stereocenters. The summed E-state index contributed by atoms with van der Waals surface area (Å²) >= 11 is 6.04. The number of rotatable bonds is 3. The minimum absolute atomic E-state index is 0.0105. The molecule has 0 fully saturated rings. The van der Waals surface area contributed by atoms with Crippen molar-refractivity contribution in [2.75, 3.05) is 5.32 Å². The van der Waals surface area contributed by atoms with Crippen LogP contribution in [0.15, 0.2) is 47.6 Å². The molecular weight excluding hydrogens is 290 g/mol. The maximum Gasteiger partial charge on any atom is 0.255 e. The summed E-state index contributed by atoms with van der Waals surface area (Å²) in [5.74, 6) is -0.294. The fraction of sp³-hybridized carbons (Fsp3) is 0.0667. The lowest BCUT2D eigenvalue weighted by Crippen LogP contribution is -2.15. The van der Waals surface area contributed by atoms with E-state index in [9.17, 15) is 4.79 Å². The van der Waals surface area contributed by atoms with Crippen LogP contribution in [0.25, 0.3) is 0 Å². The van der Waals surface area contributed by atoms with Gasteiger partial charge < -0.3 is 16.3 Å². The van der Waals surface area contributed by atoms with Crippen molar-refractivity contribution in [2.24, 2.45) is 10.9 Å². The van der Waals surface area contributed by atoms with E-state index in [1.54, 1.807) is 36.4 Å². The van der Waals surface area contributed by atoms with Crippen LogP contribution in [-0.4, -0.2) is 17.0 Å². The highest BCUT2D eigenvalue weighted by Gasteiger charge is 2.09. The number of hydrogen-bond acceptors (Lipinski definition) is 3. The summed E-state index contributed by atoms with van der Waals surface area (Å²) in [5, 5.41) is 14.7. The number of hydrogen-bond donors (Lipinski definition) is 3. The topological polar surface area (TPSA) is 87.7 Å². The lowest BCUT2D eigenvalue weighted by Gasteiger charge is -2.08. The van der Waals surface area contributed by atoms with Crippen molar-refractivity contribution >= 4 is 29.0 Å². The van der Waals surface area contributed by atoms with Crippen LogP contribution in [0.5, 0.6) is 0 Å². The van der Waals surface area contributed by atoms with E-state index >= 15 is 0 Å². The van der Waals surface area contributed by atoms with Crippen molar-refractivity contribution < 1.29 is 10.0 Å². The van der Waals surface area contributed by atoms with Crippen LogP contribution >= 0.6 is 11.6 Å². The molecule has 0 unspecified atom stereocenters. The number of nitrogens with zero attached hydrogens (tertiary/aromatic N) is 1. The van der Waals surface area contributed by atoms with Gasteiger partial charge in [0.2, 0.25) is 0 Å². The molecule has 0 spiro atoms. The molecule has 4 N–H and O–H groups in total. The molecule has 2 aromatic carbocycles. The predicted octanol–water partition coefficient (Wildman–Crippen LogP) is 3.00. The van der Waals surface area contributed by atoms with Gasteiger partial charge in [0.05, 0.1) is 10.7 Å². The number of anilines is 1. The van der Waals surface area contributed by atoms with Gasteiger partial charge >= 0.3 is 0 Å². The van der Waals surface area contributed by atoms with Gasteiger partial charge in [0, 0.05) is 11.1 Å². The molecule has 0 bridgehead atoms. The summed E-state index contributed by atoms with van der Waals surface area (Å²) in [6.07, 6.45) is 0. The van der Waals surface area contributed by atoms with Gasteiger partial charge in [-0.2, -0.15) is 0 Å². The number of aryl methyl sites for hydroxylation is 1. The summed E-state index contributed by atoms with van der Waals surface area (Å²) in [5.41, 5.74) is 7.99. The average Bonchev–Trinajstić information content (AvgIpc) is 2.50. The molecule has 6 heteroatoms. The van der Waals surface area contributed by atoms with Gasteiger partial charge in [-0.15, -0.1) is 0 Å². The molecule has 21 heavy (non-hydrogen) atoms. The highest BCUT2D eigenvalue weighted by molar-refractivity contribution is 6.34. The second kappa shape index (κ2) is 6.28. The first-order valence-electron chi connectivity index (χ1n) is 6.16. The maximum atomic E-state index is 12.1. The smallest absolute Gasteiger partial charge is 0.255 e. The molecule has 0 saturated heterocycles. The number of oxime groups is 1. The van der Waals surface area contributed by atoms with Gasteiger partial charge in [-0.3, -0.25) is 4.79 Å². The molecule has 0 radical (unpaired) electrons. The summed E-state index contributed by atoms with van der Waals surface area (Å²) in [6.45, 7) is 1.91. The van der Waals surface area contributed by atoms with E-state index in [1.807, 2.05) is 13.0 Å². The Labute approximate surface area is 127 Å². The Morgan fingerprint density at radius 1 is 1.19 bits per heavy atom. The fourth-order valence-electron chi connectivity index (χ4n) is 1.78. The van der Waals surface area contributed by atoms with Crippen LogP contribution in [-0.2, 0) is 0 Å². The molecule has 0 aliphatic rings. The number of amides is 1. The van der Waals surface area contributed by atoms with E-state index in [4.69, 9.17) is 22.5 Å². The number of carbonyl (C=O) groups is 1. The minimum atomic E-state index is -0.284. The number of nitrogens with one attached hydrogen (secondary N) is 1. The molecule has 0 aromatic heterocycles. The van der Waals surface area contributed by atoms with E-state index in [0.29, 0.717) is 21.8 Å². The second-order valence-corrected chi connectivity index (χ2v) is 4.91. The lowest BCUT2D eigenvalue weighted by molar-refractivity contribution is 0.102. The fourth-order valence-corrected chi connectivity index (χ4v) is 1.94. The van der Waals surface area contributed by atoms with Crippen LogP contribution in [0, 0.1) is 6.92 Å². The molecule has 0 heterocycles. The van der Waals surface area contributed by atoms with Crippen molar-refractivity contribution in [3.05, 3.63) is 64.2 Å². The Kier molecular flexibility index (Phi) is 4.45. The molecule has 1 amide bonds. The highest BCUT2D eigenvalue weighted by Crippen LogP contribution is 2.23. The molecular formula is C15H14ClN3O2. The monoisotopic (exact) mass is 303 g/mol. The summed E-state index contributed by atoms with van der Waals surface area (Å²) in [7, 11) is 0. The standard InChI is InChI=1S/C15H14ClN3O2/c1-9-2-7-12(16)13(8-9)18-15(20)11-5-3-10(4-6-11)14(17)19-21/h2-8,21H,1H3,(H2,17,19)(H,18,20). The summed E-state index contributed by atoms with van der Waals surface area (Å²) in [4.78, 5) is 12.1. The van der Waals surface area contributed by atoms with Crippen molar-refractivity contribution in [2.45, 2.75) is 6.92 Å². The van der Waals surface area contributed by atoms with Gasteiger partial charge in [-0.1, -0.05) is 35.0 Å². The zero-order valence-electron chi connectivity index (χ0n) is 11.3. The Hall–Kier alpha value is -2.53. The van der Waals surface area contributed by atoms with E-state index in [2.05, 4.69) is 10.5 Å². The van der Waals surface area contributed by atoms with E-state index in [0.717, 1.165) is 5.56 Å². The Balaban J connectivity index is 2.19. The van der Waals surface area contributed by atoms with Crippen LogP contribution in [0.3, 0.4) is 0 Å². The summed E-state index contributed by atoms with van der Waals surface area (Å²) < 4.78 is 0. The van der Waals surface area contributed by atoms with Gasteiger partial charge in [0.25, 0.3) is 5.91 Å². The number of carbonyl (C=O) groups excluding carboxylic acids is 1. The number of benzene rings is 2. The van der Waals surface area contributed by atoms with Crippen molar-refractivity contribution in [3.8, 4) is 0 Å².